The van der Waals surface area contributed by atoms with E-state index in [2.05, 4.69) is 45.1 Å². The van der Waals surface area contributed by atoms with Crippen LogP contribution in [0.1, 0.15) is 36.0 Å². The molecule has 1 aromatic carbocycles. The molecule has 1 aromatic heterocycles. The normalized spacial score (nSPS) is 19.7. The maximum Gasteiger partial charge on any atom is 0.133 e. The van der Waals surface area contributed by atoms with E-state index >= 15 is 0 Å². The Hall–Kier alpha value is -1.64. The number of nitrogens with zero attached hydrogens (tertiary/aromatic N) is 3. The molecule has 1 aliphatic rings. The van der Waals surface area contributed by atoms with E-state index in [1.807, 2.05) is 6.92 Å². The zero-order valence-corrected chi connectivity index (χ0v) is 10.1. The van der Waals surface area contributed by atoms with Crippen LogP contribution in [0.2, 0.25) is 0 Å². The minimum atomic E-state index is 0.664. The number of benzene rings is 1. The highest BCUT2D eigenvalue weighted by Gasteiger charge is 2.19. The van der Waals surface area contributed by atoms with Crippen molar-refractivity contribution in [1.29, 1.82) is 0 Å². The Morgan fingerprint density at radius 1 is 1.12 bits per heavy atom. The summed E-state index contributed by atoms with van der Waals surface area (Å²) in [5.74, 6) is 2.87. The summed E-state index contributed by atoms with van der Waals surface area (Å²) in [5.41, 5.74) is 1.46. The number of hydrogen-bond acceptors (Lipinski definition) is 2. The van der Waals surface area contributed by atoms with E-state index in [-0.39, 0.29) is 0 Å². The van der Waals surface area contributed by atoms with Gasteiger partial charge < -0.3 is 4.57 Å². The van der Waals surface area contributed by atoms with Crippen LogP contribution in [-0.2, 0) is 13.0 Å². The molecule has 0 spiro atoms. The smallest absolute Gasteiger partial charge is 0.133 e. The lowest BCUT2D eigenvalue weighted by atomic mass is 9.92. The fraction of sp³-hybridized carbons (Fsp3) is 0.429. The van der Waals surface area contributed by atoms with Gasteiger partial charge in [-0.1, -0.05) is 30.3 Å². The van der Waals surface area contributed by atoms with E-state index in [0.29, 0.717) is 5.92 Å². The molecule has 3 nitrogen and oxygen atoms in total. The quantitative estimate of drug-likeness (QED) is 0.750. The van der Waals surface area contributed by atoms with Gasteiger partial charge in [0.25, 0.3) is 0 Å². The molecule has 0 bridgehead atoms. The van der Waals surface area contributed by atoms with Gasteiger partial charge in [0, 0.05) is 13.0 Å². The molecule has 0 saturated carbocycles. The van der Waals surface area contributed by atoms with Crippen molar-refractivity contribution in [2.45, 2.75) is 38.6 Å². The Morgan fingerprint density at radius 2 is 1.94 bits per heavy atom. The molecule has 0 fully saturated rings. The molecular weight excluding hydrogens is 210 g/mol. The van der Waals surface area contributed by atoms with Gasteiger partial charge in [-0.05, 0) is 31.2 Å². The zero-order chi connectivity index (χ0) is 11.7. The fourth-order valence-corrected chi connectivity index (χ4v) is 2.69. The van der Waals surface area contributed by atoms with Crippen LogP contribution in [0.25, 0.3) is 0 Å². The lowest BCUT2D eigenvalue weighted by Gasteiger charge is -2.13. The molecule has 1 aliphatic heterocycles. The van der Waals surface area contributed by atoms with Crippen molar-refractivity contribution in [1.82, 2.24) is 14.8 Å². The number of rotatable bonds is 1. The van der Waals surface area contributed by atoms with E-state index in [0.717, 1.165) is 24.6 Å². The van der Waals surface area contributed by atoms with Crippen LogP contribution in [0.3, 0.4) is 0 Å². The predicted molar refractivity (Wildman–Crippen MR) is 66.9 cm³/mol. The third-order valence-corrected chi connectivity index (χ3v) is 3.70. The minimum Gasteiger partial charge on any atom is -0.315 e. The SMILES string of the molecule is Cc1nnc2n1CCC(c1ccccc1)CC2. The molecule has 88 valence electrons. The Labute approximate surface area is 101 Å². The van der Waals surface area contributed by atoms with Gasteiger partial charge >= 0.3 is 0 Å². The average Bonchev–Trinajstić information content (AvgIpc) is 2.62. The van der Waals surface area contributed by atoms with Crippen molar-refractivity contribution in [3.63, 3.8) is 0 Å². The van der Waals surface area contributed by atoms with Gasteiger partial charge in [-0.2, -0.15) is 0 Å². The van der Waals surface area contributed by atoms with Crippen LogP contribution in [0.5, 0.6) is 0 Å². The lowest BCUT2D eigenvalue weighted by molar-refractivity contribution is 0.553. The van der Waals surface area contributed by atoms with Gasteiger partial charge in [0.2, 0.25) is 0 Å². The van der Waals surface area contributed by atoms with E-state index in [1.54, 1.807) is 0 Å². The Bertz CT molecular complexity index is 501. The number of aryl methyl sites for hydroxylation is 2. The van der Waals surface area contributed by atoms with Crippen LogP contribution in [0.15, 0.2) is 30.3 Å². The van der Waals surface area contributed by atoms with Gasteiger partial charge in [-0.25, -0.2) is 0 Å². The molecule has 3 rings (SSSR count). The van der Waals surface area contributed by atoms with E-state index < -0.39 is 0 Å². The molecule has 0 aliphatic carbocycles. The van der Waals surface area contributed by atoms with Gasteiger partial charge in [0.05, 0.1) is 0 Å². The standard InChI is InChI=1S/C14H17N3/c1-11-15-16-14-8-7-13(9-10-17(11)14)12-5-3-2-4-6-12/h2-6,13H,7-10H2,1H3. The van der Waals surface area contributed by atoms with Gasteiger partial charge in [-0.15, -0.1) is 10.2 Å². The Balaban J connectivity index is 1.82. The Morgan fingerprint density at radius 3 is 2.76 bits per heavy atom. The molecule has 2 aromatic rings. The van der Waals surface area contributed by atoms with Crippen LogP contribution in [0, 0.1) is 6.92 Å². The van der Waals surface area contributed by atoms with Crippen LogP contribution < -0.4 is 0 Å². The third-order valence-electron chi connectivity index (χ3n) is 3.70. The highest BCUT2D eigenvalue weighted by Crippen LogP contribution is 2.28. The maximum atomic E-state index is 4.26. The Kier molecular flexibility index (Phi) is 2.67. The highest BCUT2D eigenvalue weighted by atomic mass is 15.3. The van der Waals surface area contributed by atoms with Crippen molar-refractivity contribution in [2.24, 2.45) is 0 Å². The van der Waals surface area contributed by atoms with Crippen molar-refractivity contribution in [3.05, 3.63) is 47.5 Å². The summed E-state index contributed by atoms with van der Waals surface area (Å²) in [5, 5.41) is 8.41. The maximum absolute atomic E-state index is 4.26. The molecular formula is C14H17N3. The van der Waals surface area contributed by atoms with Crippen molar-refractivity contribution < 1.29 is 0 Å². The zero-order valence-electron chi connectivity index (χ0n) is 10.1. The second-order valence-electron chi connectivity index (χ2n) is 4.75. The van der Waals surface area contributed by atoms with Crippen molar-refractivity contribution in [3.8, 4) is 0 Å². The van der Waals surface area contributed by atoms with Crippen LogP contribution in [0.4, 0.5) is 0 Å². The monoisotopic (exact) mass is 227 g/mol. The minimum absolute atomic E-state index is 0.664. The number of fused-ring (bicyclic) bond motifs is 1. The topological polar surface area (TPSA) is 30.7 Å². The summed E-state index contributed by atoms with van der Waals surface area (Å²) in [7, 11) is 0. The molecule has 17 heavy (non-hydrogen) atoms. The van der Waals surface area contributed by atoms with Gasteiger partial charge in [-0.3, -0.25) is 0 Å². The molecule has 1 unspecified atom stereocenters. The number of aromatic nitrogens is 3. The molecule has 3 heteroatoms. The molecule has 0 saturated heterocycles. The molecule has 1 atom stereocenters. The molecule has 0 radical (unpaired) electrons. The largest absolute Gasteiger partial charge is 0.315 e. The summed E-state index contributed by atoms with van der Waals surface area (Å²) < 4.78 is 2.27. The summed E-state index contributed by atoms with van der Waals surface area (Å²) in [6, 6.07) is 10.8. The summed E-state index contributed by atoms with van der Waals surface area (Å²) in [6.45, 7) is 3.09. The van der Waals surface area contributed by atoms with Crippen molar-refractivity contribution >= 4 is 0 Å². The second-order valence-corrected chi connectivity index (χ2v) is 4.75. The van der Waals surface area contributed by atoms with Gasteiger partial charge in [0.15, 0.2) is 0 Å². The first-order valence-corrected chi connectivity index (χ1v) is 6.28. The first-order chi connectivity index (χ1) is 8.34. The van der Waals surface area contributed by atoms with Crippen LogP contribution >= 0.6 is 0 Å². The van der Waals surface area contributed by atoms with E-state index in [4.69, 9.17) is 0 Å². The highest BCUT2D eigenvalue weighted by molar-refractivity contribution is 5.20. The van der Waals surface area contributed by atoms with E-state index in [9.17, 15) is 0 Å². The lowest BCUT2D eigenvalue weighted by Crippen LogP contribution is -2.03. The van der Waals surface area contributed by atoms with Gasteiger partial charge in [0.1, 0.15) is 11.6 Å². The summed E-state index contributed by atoms with van der Waals surface area (Å²) in [4.78, 5) is 0. The molecule has 0 amide bonds. The first-order valence-electron chi connectivity index (χ1n) is 6.28. The van der Waals surface area contributed by atoms with Crippen LogP contribution in [-0.4, -0.2) is 14.8 Å². The fourth-order valence-electron chi connectivity index (χ4n) is 2.69. The van der Waals surface area contributed by atoms with Crippen molar-refractivity contribution in [2.75, 3.05) is 0 Å². The summed E-state index contributed by atoms with van der Waals surface area (Å²) >= 11 is 0. The first kappa shape index (κ1) is 10.5. The van der Waals surface area contributed by atoms with E-state index in [1.165, 1.54) is 18.4 Å². The number of hydrogen-bond donors (Lipinski definition) is 0. The predicted octanol–water partition coefficient (Wildman–Crippen LogP) is 2.71. The molecule has 0 N–H and O–H groups in total. The average molecular weight is 227 g/mol. The molecule has 2 heterocycles. The third kappa shape index (κ3) is 1.97. The second kappa shape index (κ2) is 4.32. The summed E-state index contributed by atoms with van der Waals surface area (Å²) in [6.07, 6.45) is 3.42.